The zero-order valence-corrected chi connectivity index (χ0v) is 41.6. The molecular formula is C46H50ClN7O11S3. The smallest absolute Gasteiger partial charge is 0.415 e. The summed E-state index contributed by atoms with van der Waals surface area (Å²) in [7, 11) is -7.64. The number of carbonyl (C=O) groups excluding carboxylic acids is 3. The number of hydrogen-bond donors (Lipinski definition) is 4. The molecule has 68 heavy (non-hydrogen) atoms. The van der Waals surface area contributed by atoms with Crippen molar-refractivity contribution in [3.63, 3.8) is 0 Å². The number of nitrogens with one attached hydrogen (secondary N) is 4. The van der Waals surface area contributed by atoms with E-state index in [0.717, 1.165) is 42.5 Å². The van der Waals surface area contributed by atoms with Gasteiger partial charge in [-0.2, -0.15) is 9.47 Å². The number of benzene rings is 4. The highest BCUT2D eigenvalue weighted by molar-refractivity contribution is 7.92. The topological polar surface area (TPSA) is 256 Å². The predicted octanol–water partition coefficient (Wildman–Crippen LogP) is 8.79. The number of ketones is 1. The maximum atomic E-state index is 14.4. The van der Waals surface area contributed by atoms with Crippen LogP contribution in [0.15, 0.2) is 71.1 Å². The SMILES string of the molecule is Cc1cc(C)c2oc(/C(C#N)=C/c3ccc(N(C(=O)OC(C(=O)Nc4cc(NS(=O)Oc5ccc(NS(C)(=O)=O)cc5NS(C)(=O)=O)ccc4Cl)C(=O)C(C)(C)C)C4CCCC4)cc3C)nc2c1. The first-order chi connectivity index (χ1) is 31.8. The molecule has 0 bridgehead atoms. The Morgan fingerprint density at radius 3 is 2.21 bits per heavy atom. The Morgan fingerprint density at radius 1 is 0.912 bits per heavy atom. The van der Waals surface area contributed by atoms with Crippen LogP contribution in [0.1, 0.15) is 74.6 Å². The summed E-state index contributed by atoms with van der Waals surface area (Å²) in [6.07, 6.45) is 3.46. The van der Waals surface area contributed by atoms with Crippen LogP contribution in [0.5, 0.6) is 5.75 Å². The van der Waals surface area contributed by atoms with E-state index in [1.165, 1.54) is 35.2 Å². The third-order valence-electron chi connectivity index (χ3n) is 10.5. The summed E-state index contributed by atoms with van der Waals surface area (Å²) in [5, 5.41) is 12.7. The summed E-state index contributed by atoms with van der Waals surface area (Å²) in [4.78, 5) is 48.5. The molecule has 22 heteroatoms. The number of sulfonamides is 2. The molecule has 4 N–H and O–H groups in total. The van der Waals surface area contributed by atoms with Crippen LogP contribution in [-0.4, -0.2) is 68.5 Å². The highest BCUT2D eigenvalue weighted by Crippen LogP contribution is 2.35. The number of allylic oxidation sites excluding steroid dienone is 1. The fourth-order valence-corrected chi connectivity index (χ4v) is 9.36. The zero-order chi connectivity index (χ0) is 49.9. The number of ether oxygens (including phenoxy) is 1. The minimum absolute atomic E-state index is 0.00412. The number of oxazole rings is 1. The van der Waals surface area contributed by atoms with Gasteiger partial charge in [-0.3, -0.25) is 28.7 Å². The van der Waals surface area contributed by atoms with E-state index in [1.807, 2.05) is 32.9 Å². The van der Waals surface area contributed by atoms with E-state index in [-0.39, 0.29) is 51.0 Å². The van der Waals surface area contributed by atoms with Crippen molar-refractivity contribution in [2.45, 2.75) is 79.4 Å². The van der Waals surface area contributed by atoms with Crippen LogP contribution in [0.2, 0.25) is 5.02 Å². The quantitative estimate of drug-likeness (QED) is 0.0533. The number of Topliss-reactive ketones (excluding diaryl/α,β-unsaturated/α-hetero) is 1. The number of aromatic nitrogens is 1. The summed E-state index contributed by atoms with van der Waals surface area (Å²) in [5.74, 6) is -1.80. The minimum Gasteiger partial charge on any atom is -0.435 e. The molecule has 2 atom stereocenters. The van der Waals surface area contributed by atoms with Crippen molar-refractivity contribution in [1.29, 1.82) is 5.26 Å². The summed E-state index contributed by atoms with van der Waals surface area (Å²) in [5.41, 5.74) is 3.75. The number of carbonyl (C=O) groups is 3. The largest absolute Gasteiger partial charge is 0.435 e. The Balaban J connectivity index is 1.23. The molecule has 4 aromatic carbocycles. The van der Waals surface area contributed by atoms with E-state index < -0.39 is 60.6 Å². The van der Waals surface area contributed by atoms with Gasteiger partial charge in [-0.1, -0.05) is 57.3 Å². The van der Waals surface area contributed by atoms with E-state index in [9.17, 15) is 40.7 Å². The van der Waals surface area contributed by atoms with Crippen LogP contribution in [0.25, 0.3) is 22.7 Å². The molecular weight excluding hydrogens is 958 g/mol. The monoisotopic (exact) mass is 1010 g/mol. The molecule has 18 nitrogen and oxygen atoms in total. The molecule has 6 rings (SSSR count). The lowest BCUT2D eigenvalue weighted by atomic mass is 9.87. The molecule has 1 aromatic heterocycles. The average molecular weight is 1010 g/mol. The normalized spacial score (nSPS) is 14.4. The van der Waals surface area contributed by atoms with Gasteiger partial charge in [-0.05, 0) is 117 Å². The molecule has 1 heterocycles. The van der Waals surface area contributed by atoms with Crippen LogP contribution < -0.4 is 28.6 Å². The second-order valence-electron chi connectivity index (χ2n) is 17.4. The Morgan fingerprint density at radius 2 is 1.57 bits per heavy atom. The van der Waals surface area contributed by atoms with Gasteiger partial charge in [0.15, 0.2) is 17.1 Å². The van der Waals surface area contributed by atoms with Crippen molar-refractivity contribution in [1.82, 2.24) is 4.98 Å². The zero-order valence-electron chi connectivity index (χ0n) is 38.3. The van der Waals surface area contributed by atoms with Crippen LogP contribution in [0, 0.1) is 37.5 Å². The molecule has 0 spiro atoms. The number of fused-ring (bicyclic) bond motifs is 1. The molecule has 2 amide bonds. The van der Waals surface area contributed by atoms with Crippen molar-refractivity contribution >= 4 is 112 Å². The minimum atomic E-state index is -3.91. The molecule has 0 aliphatic heterocycles. The van der Waals surface area contributed by atoms with Crippen LogP contribution in [-0.2, 0) is 45.6 Å². The standard InChI is InChI=1S/C46H50ClN7O11S3/c1-26-19-28(3)40-38(20-26)50-44(63-40)30(25-48)22-29-13-16-34(21-27(29)2)54(33-11-9-10-12-33)45(57)64-41(42(55)46(4,5)6)43(56)49-36-23-31(14-17-35(36)47)51-66(58)65-39-18-15-32(52-67(7,59)60)24-37(39)53-68(8,61)62/h13-24,33,41,51-53H,9-12H2,1-8H3,(H,49,56)/b30-22+. The summed E-state index contributed by atoms with van der Waals surface area (Å²) in [6.45, 7) is 10.4. The van der Waals surface area contributed by atoms with Crippen molar-refractivity contribution < 1.29 is 48.8 Å². The highest BCUT2D eigenvalue weighted by atomic mass is 35.5. The third-order valence-corrected chi connectivity index (χ3v) is 12.8. The Bertz CT molecular complexity index is 3140. The summed E-state index contributed by atoms with van der Waals surface area (Å²) >= 11 is 4.06. The van der Waals surface area contributed by atoms with Crippen LogP contribution in [0.4, 0.5) is 33.2 Å². The molecule has 2 unspecified atom stereocenters. The summed E-state index contributed by atoms with van der Waals surface area (Å²) in [6, 6.07) is 18.6. The molecule has 5 aromatic rings. The van der Waals surface area contributed by atoms with Gasteiger partial charge in [0, 0.05) is 17.1 Å². The lowest BCUT2D eigenvalue weighted by Crippen LogP contribution is -2.48. The number of halogens is 1. The first-order valence-corrected chi connectivity index (χ1v) is 26.2. The second kappa shape index (κ2) is 20.4. The maximum Gasteiger partial charge on any atom is 0.415 e. The van der Waals surface area contributed by atoms with E-state index in [2.05, 4.69) is 30.5 Å². The molecule has 1 aliphatic rings. The fraction of sp³-hybridized carbons (Fsp3) is 0.326. The number of amides is 2. The van der Waals surface area contributed by atoms with E-state index >= 15 is 0 Å². The van der Waals surface area contributed by atoms with Crippen molar-refractivity contribution in [3.8, 4) is 11.8 Å². The second-order valence-corrected chi connectivity index (χ2v) is 22.2. The predicted molar refractivity (Wildman–Crippen MR) is 263 cm³/mol. The highest BCUT2D eigenvalue weighted by Gasteiger charge is 2.41. The maximum absolute atomic E-state index is 14.4. The van der Waals surface area contributed by atoms with Gasteiger partial charge in [-0.15, -0.1) is 0 Å². The lowest BCUT2D eigenvalue weighted by molar-refractivity contribution is -0.142. The third kappa shape index (κ3) is 12.9. The van der Waals surface area contributed by atoms with Crippen molar-refractivity contribution in [2.75, 3.05) is 36.9 Å². The molecule has 0 radical (unpaired) electrons. The van der Waals surface area contributed by atoms with Gasteiger partial charge >= 0.3 is 17.4 Å². The van der Waals surface area contributed by atoms with Gasteiger partial charge in [0.05, 0.1) is 40.3 Å². The van der Waals surface area contributed by atoms with Gasteiger partial charge in [-0.25, -0.2) is 26.6 Å². The number of aryl methyl sites for hydroxylation is 3. The molecule has 360 valence electrons. The molecule has 1 fully saturated rings. The average Bonchev–Trinajstić information content (AvgIpc) is 3.91. The summed E-state index contributed by atoms with van der Waals surface area (Å²) < 4.78 is 85.1. The number of anilines is 5. The fourth-order valence-electron chi connectivity index (χ4n) is 7.41. The van der Waals surface area contributed by atoms with E-state index in [1.54, 1.807) is 45.0 Å². The number of hydrogen-bond acceptors (Lipinski definition) is 13. The number of nitrogens with zero attached hydrogens (tertiary/aromatic N) is 3. The van der Waals surface area contributed by atoms with E-state index in [0.29, 0.717) is 40.8 Å². The van der Waals surface area contributed by atoms with Gasteiger partial charge in [0.25, 0.3) is 5.91 Å². The number of nitriles is 1. The van der Waals surface area contributed by atoms with Crippen molar-refractivity contribution in [3.05, 3.63) is 99.9 Å². The van der Waals surface area contributed by atoms with Crippen LogP contribution in [0.3, 0.4) is 0 Å². The Hall–Kier alpha value is -6.47. The van der Waals surface area contributed by atoms with Gasteiger partial charge in [0.1, 0.15) is 17.2 Å². The molecule has 1 aliphatic carbocycles. The Labute approximate surface area is 402 Å². The van der Waals surface area contributed by atoms with E-state index in [4.69, 9.17) is 24.9 Å². The van der Waals surface area contributed by atoms with Crippen molar-refractivity contribution in [2.24, 2.45) is 5.41 Å². The van der Waals surface area contributed by atoms with Gasteiger partial charge < -0.3 is 18.7 Å². The van der Waals surface area contributed by atoms with Crippen LogP contribution >= 0.6 is 11.6 Å². The van der Waals surface area contributed by atoms with Gasteiger partial charge in [0.2, 0.25) is 32.0 Å². The first-order valence-electron chi connectivity index (χ1n) is 21.0. The lowest BCUT2D eigenvalue weighted by Gasteiger charge is -2.31. The molecule has 0 saturated heterocycles. The Kier molecular flexibility index (Phi) is 15.3. The molecule has 1 saturated carbocycles. The first kappa shape index (κ1) is 50.9. The number of rotatable bonds is 16.